The van der Waals surface area contributed by atoms with Crippen LogP contribution in [0.4, 0.5) is 10.1 Å². The molecule has 126 valence electrons. The highest BCUT2D eigenvalue weighted by molar-refractivity contribution is 6.26. The molecule has 2 aliphatic rings. The van der Waals surface area contributed by atoms with Gasteiger partial charge in [-0.2, -0.15) is 0 Å². The molecule has 4 nitrogen and oxygen atoms in total. The molecule has 2 fully saturated rings. The number of rotatable bonds is 3. The fourth-order valence-corrected chi connectivity index (χ4v) is 3.67. The second-order valence-electron chi connectivity index (χ2n) is 6.20. The van der Waals surface area contributed by atoms with Gasteiger partial charge in [-0.15, -0.1) is 18.0 Å². The van der Waals surface area contributed by atoms with Crippen LogP contribution in [0.25, 0.3) is 0 Å². The van der Waals surface area contributed by atoms with Crippen LogP contribution in [0.3, 0.4) is 0 Å². The van der Waals surface area contributed by atoms with Gasteiger partial charge in [0.15, 0.2) is 6.10 Å². The summed E-state index contributed by atoms with van der Waals surface area (Å²) >= 11 is 6.02. The van der Waals surface area contributed by atoms with Crippen molar-refractivity contribution in [2.24, 2.45) is 5.92 Å². The number of carbonyl (C=O) groups is 2. The highest BCUT2D eigenvalue weighted by atomic mass is 35.5. The number of amides is 2. The molecule has 4 atom stereocenters. The molecule has 0 bridgehead atoms. The molecule has 1 aliphatic carbocycles. The Hall–Kier alpha value is -2.06. The molecule has 1 aliphatic heterocycles. The Morgan fingerprint density at radius 3 is 2.92 bits per heavy atom. The van der Waals surface area contributed by atoms with Crippen molar-refractivity contribution in [2.75, 3.05) is 4.90 Å². The first-order valence-corrected chi connectivity index (χ1v) is 8.24. The predicted octanol–water partition coefficient (Wildman–Crippen LogP) is 3.08. The minimum absolute atomic E-state index is 0.134. The average molecular weight is 350 g/mol. The Labute approximate surface area is 144 Å². The standard InChI is InChI=1S/C18H17ClFNO3/c1-3-11(2)24-14-6-4-5-13(9-14)21-16(22)15-8-7-12(19)10-18(15,20)17(21)23/h1,4-6,9,11-12,15H,7-8,10H2,2H3. The van der Waals surface area contributed by atoms with Crippen molar-refractivity contribution >= 4 is 29.1 Å². The first-order valence-electron chi connectivity index (χ1n) is 7.81. The number of alkyl halides is 2. The molecule has 24 heavy (non-hydrogen) atoms. The maximum absolute atomic E-state index is 15.2. The summed E-state index contributed by atoms with van der Waals surface area (Å²) in [6, 6.07) is 6.38. The van der Waals surface area contributed by atoms with Crippen molar-refractivity contribution in [2.45, 2.75) is 43.3 Å². The van der Waals surface area contributed by atoms with Crippen LogP contribution in [-0.2, 0) is 9.59 Å². The van der Waals surface area contributed by atoms with Gasteiger partial charge in [-0.05, 0) is 31.9 Å². The van der Waals surface area contributed by atoms with Crippen LogP contribution in [0, 0.1) is 18.3 Å². The normalized spacial score (nSPS) is 30.7. The van der Waals surface area contributed by atoms with Gasteiger partial charge in [-0.25, -0.2) is 9.29 Å². The number of carbonyl (C=O) groups excluding carboxylic acids is 2. The summed E-state index contributed by atoms with van der Waals surface area (Å²) < 4.78 is 20.7. The molecule has 6 heteroatoms. The van der Waals surface area contributed by atoms with Gasteiger partial charge in [0.1, 0.15) is 5.75 Å². The topological polar surface area (TPSA) is 46.6 Å². The molecule has 1 saturated heterocycles. The number of terminal acetylenes is 1. The van der Waals surface area contributed by atoms with E-state index in [1.807, 2.05) is 0 Å². The Balaban J connectivity index is 1.93. The molecule has 4 unspecified atom stereocenters. The maximum Gasteiger partial charge on any atom is 0.272 e. The Bertz CT molecular complexity index is 731. The summed E-state index contributed by atoms with van der Waals surface area (Å²) in [5.41, 5.74) is -1.94. The van der Waals surface area contributed by atoms with Gasteiger partial charge in [-0.3, -0.25) is 9.59 Å². The van der Waals surface area contributed by atoms with Crippen molar-refractivity contribution in [1.82, 2.24) is 0 Å². The molecular formula is C18H17ClFNO3. The summed E-state index contributed by atoms with van der Waals surface area (Å²) in [5.74, 6) is 0.514. The van der Waals surface area contributed by atoms with Crippen LogP contribution in [0.5, 0.6) is 5.75 Å². The quantitative estimate of drug-likeness (QED) is 0.478. The summed E-state index contributed by atoms with van der Waals surface area (Å²) in [4.78, 5) is 26.1. The predicted molar refractivity (Wildman–Crippen MR) is 88.7 cm³/mol. The van der Waals surface area contributed by atoms with Crippen molar-refractivity contribution < 1.29 is 18.7 Å². The van der Waals surface area contributed by atoms with Gasteiger partial charge in [-0.1, -0.05) is 12.0 Å². The highest BCUT2D eigenvalue weighted by Crippen LogP contribution is 2.47. The van der Waals surface area contributed by atoms with Gasteiger partial charge in [0.25, 0.3) is 5.91 Å². The number of nitrogens with zero attached hydrogens (tertiary/aromatic N) is 1. The van der Waals surface area contributed by atoms with Crippen LogP contribution < -0.4 is 9.64 Å². The Morgan fingerprint density at radius 1 is 1.46 bits per heavy atom. The number of fused-ring (bicyclic) bond motifs is 1. The molecule has 1 saturated carbocycles. The third-order valence-electron chi connectivity index (χ3n) is 4.54. The molecule has 1 aromatic rings. The van der Waals surface area contributed by atoms with Crippen molar-refractivity contribution in [3.63, 3.8) is 0 Å². The van der Waals surface area contributed by atoms with Crippen LogP contribution >= 0.6 is 11.6 Å². The van der Waals surface area contributed by atoms with E-state index in [2.05, 4.69) is 5.92 Å². The smallest absolute Gasteiger partial charge is 0.272 e. The van der Waals surface area contributed by atoms with Gasteiger partial charge in [0.2, 0.25) is 11.6 Å². The Kier molecular flexibility index (Phi) is 4.27. The molecule has 1 aromatic carbocycles. The SMILES string of the molecule is C#CC(C)Oc1cccc(N2C(=O)C3CCC(Cl)CC3(F)C2=O)c1. The van der Waals surface area contributed by atoms with E-state index < -0.39 is 34.9 Å². The second kappa shape index (κ2) is 6.10. The van der Waals surface area contributed by atoms with E-state index >= 15 is 4.39 Å². The second-order valence-corrected chi connectivity index (χ2v) is 6.81. The number of ether oxygens (including phenoxy) is 1. The van der Waals surface area contributed by atoms with E-state index in [9.17, 15) is 9.59 Å². The summed E-state index contributed by atoms with van der Waals surface area (Å²) in [5, 5.41) is -0.436. The fourth-order valence-electron chi connectivity index (χ4n) is 3.32. The highest BCUT2D eigenvalue weighted by Gasteiger charge is 2.62. The fraction of sp³-hybridized carbons (Fsp3) is 0.444. The van der Waals surface area contributed by atoms with E-state index in [0.29, 0.717) is 12.2 Å². The number of hydrogen-bond donors (Lipinski definition) is 0. The van der Waals surface area contributed by atoms with Crippen molar-refractivity contribution in [3.8, 4) is 18.1 Å². The zero-order chi connectivity index (χ0) is 17.5. The number of anilines is 1. The van der Waals surface area contributed by atoms with Gasteiger partial charge in [0, 0.05) is 17.9 Å². The van der Waals surface area contributed by atoms with E-state index in [4.69, 9.17) is 22.8 Å². The third kappa shape index (κ3) is 2.65. The number of hydrogen-bond acceptors (Lipinski definition) is 3. The summed E-state index contributed by atoms with van der Waals surface area (Å²) in [6.45, 7) is 1.70. The lowest BCUT2D eigenvalue weighted by Gasteiger charge is -2.30. The van der Waals surface area contributed by atoms with E-state index in [1.54, 1.807) is 25.1 Å². The lowest BCUT2D eigenvalue weighted by atomic mass is 9.78. The molecule has 0 radical (unpaired) electrons. The minimum Gasteiger partial charge on any atom is -0.478 e. The zero-order valence-electron chi connectivity index (χ0n) is 13.2. The lowest BCUT2D eigenvalue weighted by Crippen LogP contribution is -2.44. The molecule has 3 rings (SSSR count). The molecule has 1 heterocycles. The van der Waals surface area contributed by atoms with Gasteiger partial charge < -0.3 is 4.74 Å². The molecular weight excluding hydrogens is 333 g/mol. The molecule has 0 spiro atoms. The van der Waals surface area contributed by atoms with Gasteiger partial charge >= 0.3 is 0 Å². The van der Waals surface area contributed by atoms with Crippen molar-refractivity contribution in [3.05, 3.63) is 24.3 Å². The van der Waals surface area contributed by atoms with Gasteiger partial charge in [0.05, 0.1) is 11.6 Å². The van der Waals surface area contributed by atoms with Crippen LogP contribution in [0.2, 0.25) is 0 Å². The summed E-state index contributed by atoms with van der Waals surface area (Å²) in [6.07, 6.45) is 5.48. The van der Waals surface area contributed by atoms with E-state index in [1.165, 1.54) is 6.07 Å². The average Bonchev–Trinajstić information content (AvgIpc) is 2.73. The number of imide groups is 1. The molecule has 2 amide bonds. The van der Waals surface area contributed by atoms with E-state index in [-0.39, 0.29) is 18.5 Å². The van der Waals surface area contributed by atoms with Crippen LogP contribution in [-0.4, -0.2) is 29.0 Å². The summed E-state index contributed by atoms with van der Waals surface area (Å²) in [7, 11) is 0. The number of halogens is 2. The van der Waals surface area contributed by atoms with E-state index in [0.717, 1.165) is 4.90 Å². The van der Waals surface area contributed by atoms with Crippen LogP contribution in [0.15, 0.2) is 24.3 Å². The first kappa shape index (κ1) is 16.8. The minimum atomic E-state index is -2.22. The number of benzene rings is 1. The maximum atomic E-state index is 15.2. The Morgan fingerprint density at radius 2 is 2.21 bits per heavy atom. The third-order valence-corrected chi connectivity index (χ3v) is 4.91. The molecule has 0 N–H and O–H groups in total. The van der Waals surface area contributed by atoms with Crippen molar-refractivity contribution in [1.29, 1.82) is 0 Å². The van der Waals surface area contributed by atoms with Crippen LogP contribution in [0.1, 0.15) is 26.2 Å². The monoisotopic (exact) mass is 349 g/mol. The largest absolute Gasteiger partial charge is 0.478 e. The zero-order valence-corrected chi connectivity index (χ0v) is 13.9. The first-order chi connectivity index (χ1) is 11.4. The lowest BCUT2D eigenvalue weighted by molar-refractivity contribution is -0.131. The molecule has 0 aromatic heterocycles.